The van der Waals surface area contributed by atoms with Crippen LogP contribution in [-0.2, 0) is 9.53 Å². The molecule has 3 nitrogen and oxygen atoms in total. The molecule has 0 atom stereocenters. The van der Waals surface area contributed by atoms with Crippen LogP contribution >= 0.6 is 0 Å². The van der Waals surface area contributed by atoms with Crippen LogP contribution in [0, 0.1) is 0 Å². The van der Waals surface area contributed by atoms with E-state index in [9.17, 15) is 9.90 Å². The van der Waals surface area contributed by atoms with E-state index in [-0.39, 0.29) is 6.42 Å². The van der Waals surface area contributed by atoms with Crippen molar-refractivity contribution < 1.29 is 14.6 Å². The second-order valence-corrected chi connectivity index (χ2v) is 5.35. The molecule has 0 unspecified atom stereocenters. The lowest BCUT2D eigenvalue weighted by Crippen LogP contribution is -2.03. The number of methoxy groups -OCH3 is 1. The Morgan fingerprint density at radius 3 is 2.62 bits per heavy atom. The SMILES string of the molecule is CCC=C(C)C(CC(=O)O)=C(C)C1=CC=C(OC)CCC1. The van der Waals surface area contributed by atoms with E-state index < -0.39 is 5.97 Å². The number of allylic oxidation sites excluding steroid dienone is 7. The number of aliphatic carboxylic acids is 1. The number of carbonyl (C=O) groups is 1. The Morgan fingerprint density at radius 1 is 1.33 bits per heavy atom. The molecule has 0 aromatic carbocycles. The second-order valence-electron chi connectivity index (χ2n) is 5.35. The van der Waals surface area contributed by atoms with E-state index in [2.05, 4.69) is 19.1 Å². The van der Waals surface area contributed by atoms with Crippen molar-refractivity contribution in [1.29, 1.82) is 0 Å². The highest BCUT2D eigenvalue weighted by atomic mass is 16.5. The van der Waals surface area contributed by atoms with Gasteiger partial charge in [0.15, 0.2) is 0 Å². The van der Waals surface area contributed by atoms with E-state index in [1.165, 1.54) is 5.57 Å². The predicted octanol–water partition coefficient (Wildman–Crippen LogP) is 4.77. The van der Waals surface area contributed by atoms with Gasteiger partial charge < -0.3 is 9.84 Å². The van der Waals surface area contributed by atoms with Gasteiger partial charge in [-0.1, -0.05) is 24.6 Å². The van der Waals surface area contributed by atoms with Crippen LogP contribution in [0.4, 0.5) is 0 Å². The summed E-state index contributed by atoms with van der Waals surface area (Å²) in [7, 11) is 1.69. The van der Waals surface area contributed by atoms with Crippen LogP contribution in [0.1, 0.15) is 52.9 Å². The summed E-state index contributed by atoms with van der Waals surface area (Å²) >= 11 is 0. The maximum Gasteiger partial charge on any atom is 0.307 e. The first-order valence-corrected chi connectivity index (χ1v) is 7.52. The molecule has 1 aliphatic carbocycles. The maximum absolute atomic E-state index is 11.2. The number of carboxylic acids is 1. The summed E-state index contributed by atoms with van der Waals surface area (Å²) in [5.74, 6) is 0.203. The molecular formula is C18H26O3. The summed E-state index contributed by atoms with van der Waals surface area (Å²) in [6.45, 7) is 6.09. The van der Waals surface area contributed by atoms with Crippen LogP contribution in [0.25, 0.3) is 0 Å². The van der Waals surface area contributed by atoms with E-state index in [4.69, 9.17) is 4.74 Å². The quantitative estimate of drug-likeness (QED) is 0.716. The molecule has 0 aromatic rings. The van der Waals surface area contributed by atoms with Crippen LogP contribution in [-0.4, -0.2) is 18.2 Å². The maximum atomic E-state index is 11.2. The molecule has 116 valence electrons. The van der Waals surface area contributed by atoms with Crippen molar-refractivity contribution in [2.24, 2.45) is 0 Å². The molecule has 0 spiro atoms. The molecule has 1 N–H and O–H groups in total. The molecule has 0 aliphatic heterocycles. The molecule has 0 fully saturated rings. The van der Waals surface area contributed by atoms with Gasteiger partial charge in [-0.2, -0.15) is 0 Å². The number of hydrogen-bond acceptors (Lipinski definition) is 2. The Morgan fingerprint density at radius 2 is 2.05 bits per heavy atom. The van der Waals surface area contributed by atoms with E-state index in [1.54, 1.807) is 7.11 Å². The molecule has 3 heteroatoms. The first-order chi connectivity index (χ1) is 9.99. The van der Waals surface area contributed by atoms with E-state index >= 15 is 0 Å². The highest BCUT2D eigenvalue weighted by Crippen LogP contribution is 2.29. The fourth-order valence-electron chi connectivity index (χ4n) is 2.64. The third kappa shape index (κ3) is 5.25. The molecule has 0 bridgehead atoms. The summed E-state index contributed by atoms with van der Waals surface area (Å²) in [5.41, 5.74) is 4.30. The van der Waals surface area contributed by atoms with Gasteiger partial charge >= 0.3 is 5.97 Å². The fourth-order valence-corrected chi connectivity index (χ4v) is 2.64. The summed E-state index contributed by atoms with van der Waals surface area (Å²) < 4.78 is 5.31. The van der Waals surface area contributed by atoms with Gasteiger partial charge in [0.05, 0.1) is 19.3 Å². The minimum Gasteiger partial charge on any atom is -0.501 e. The number of rotatable bonds is 6. The molecular weight excluding hydrogens is 264 g/mol. The molecule has 0 radical (unpaired) electrons. The van der Waals surface area contributed by atoms with Crippen molar-refractivity contribution in [3.05, 3.63) is 46.3 Å². The lowest BCUT2D eigenvalue weighted by molar-refractivity contribution is -0.136. The Bertz CT molecular complexity index is 505. The molecule has 0 aromatic heterocycles. The van der Waals surface area contributed by atoms with Gasteiger partial charge in [-0.3, -0.25) is 4.79 Å². The summed E-state index contributed by atoms with van der Waals surface area (Å²) in [6.07, 6.45) is 10.1. The zero-order valence-corrected chi connectivity index (χ0v) is 13.5. The fraction of sp³-hybridized carbons (Fsp3) is 0.500. The molecule has 0 saturated carbocycles. The zero-order chi connectivity index (χ0) is 15.8. The van der Waals surface area contributed by atoms with E-state index in [1.807, 2.05) is 19.9 Å². The predicted molar refractivity (Wildman–Crippen MR) is 86.0 cm³/mol. The van der Waals surface area contributed by atoms with E-state index in [0.29, 0.717) is 0 Å². The highest BCUT2D eigenvalue weighted by Gasteiger charge is 2.14. The van der Waals surface area contributed by atoms with Crippen molar-refractivity contribution in [3.8, 4) is 0 Å². The van der Waals surface area contributed by atoms with Gasteiger partial charge in [-0.05, 0) is 55.9 Å². The van der Waals surface area contributed by atoms with Crippen molar-refractivity contribution in [2.75, 3.05) is 7.11 Å². The highest BCUT2D eigenvalue weighted by molar-refractivity contribution is 5.72. The minimum absolute atomic E-state index is 0.0757. The average Bonchev–Trinajstić information content (AvgIpc) is 2.69. The van der Waals surface area contributed by atoms with Gasteiger partial charge in [0.25, 0.3) is 0 Å². The van der Waals surface area contributed by atoms with Crippen molar-refractivity contribution >= 4 is 5.97 Å². The minimum atomic E-state index is -0.782. The van der Waals surface area contributed by atoms with Crippen LogP contribution in [0.15, 0.2) is 46.3 Å². The monoisotopic (exact) mass is 290 g/mol. The topological polar surface area (TPSA) is 46.5 Å². The average molecular weight is 290 g/mol. The van der Waals surface area contributed by atoms with Crippen LogP contribution in [0.5, 0.6) is 0 Å². The van der Waals surface area contributed by atoms with Gasteiger partial charge in [0, 0.05) is 6.42 Å². The Labute approximate surface area is 127 Å². The normalized spacial score (nSPS) is 17.4. The first-order valence-electron chi connectivity index (χ1n) is 7.52. The summed E-state index contributed by atoms with van der Waals surface area (Å²) in [6, 6.07) is 0. The largest absolute Gasteiger partial charge is 0.501 e. The van der Waals surface area contributed by atoms with Crippen LogP contribution < -0.4 is 0 Å². The molecule has 0 amide bonds. The Balaban J connectivity index is 3.19. The zero-order valence-electron chi connectivity index (χ0n) is 13.5. The molecule has 1 rings (SSSR count). The van der Waals surface area contributed by atoms with Gasteiger partial charge in [-0.25, -0.2) is 0 Å². The third-order valence-corrected chi connectivity index (χ3v) is 3.85. The molecule has 0 heterocycles. The number of ether oxygens (including phenoxy) is 1. The van der Waals surface area contributed by atoms with Crippen LogP contribution in [0.3, 0.4) is 0 Å². The smallest absolute Gasteiger partial charge is 0.307 e. The second kappa shape index (κ2) is 8.50. The number of carboxylic acid groups (broad SMARTS) is 1. The van der Waals surface area contributed by atoms with Crippen molar-refractivity contribution in [1.82, 2.24) is 0 Å². The lowest BCUT2D eigenvalue weighted by Gasteiger charge is -2.14. The van der Waals surface area contributed by atoms with Gasteiger partial charge in [0.2, 0.25) is 0 Å². The molecule has 0 saturated heterocycles. The Kier molecular flexibility index (Phi) is 7.00. The van der Waals surface area contributed by atoms with E-state index in [0.717, 1.165) is 48.2 Å². The summed E-state index contributed by atoms with van der Waals surface area (Å²) in [4.78, 5) is 11.2. The lowest BCUT2D eigenvalue weighted by atomic mass is 9.91. The van der Waals surface area contributed by atoms with Crippen molar-refractivity contribution in [2.45, 2.75) is 52.9 Å². The number of hydrogen-bond donors (Lipinski definition) is 1. The summed E-state index contributed by atoms with van der Waals surface area (Å²) in [5, 5.41) is 9.17. The standard InChI is InChI=1S/C18H26O3/c1-5-7-13(2)17(12-18(19)20)14(3)15-8-6-9-16(21-4)11-10-15/h7,10-11H,5-6,8-9,12H2,1-4H3,(H,19,20). The molecule has 21 heavy (non-hydrogen) atoms. The van der Waals surface area contributed by atoms with Gasteiger partial charge in [-0.15, -0.1) is 0 Å². The van der Waals surface area contributed by atoms with Gasteiger partial charge in [0.1, 0.15) is 0 Å². The van der Waals surface area contributed by atoms with Crippen molar-refractivity contribution in [3.63, 3.8) is 0 Å². The van der Waals surface area contributed by atoms with Crippen LogP contribution in [0.2, 0.25) is 0 Å². The molecule has 1 aliphatic rings. The third-order valence-electron chi connectivity index (χ3n) is 3.85. The Hall–Kier alpha value is -1.77. The first kappa shape index (κ1) is 17.3.